The summed E-state index contributed by atoms with van der Waals surface area (Å²) in [5, 5.41) is 0. The highest BCUT2D eigenvalue weighted by atomic mass is 16.6. The Morgan fingerprint density at radius 1 is 1.11 bits per heavy atom. The standard InChI is InChI=1S/C22H17NO4/c1-3-13-26-19-11-9-17(15-20(19)25-2)14-18-22(24)27-21(23-18)12-10-16-7-5-4-6-8-16/h1,4-12,14-15H,13H2,2H3/b12-10-,18-14-. The summed E-state index contributed by atoms with van der Waals surface area (Å²) in [4.78, 5) is 16.3. The summed E-state index contributed by atoms with van der Waals surface area (Å²) < 4.78 is 15.9. The van der Waals surface area contributed by atoms with Crippen molar-refractivity contribution in [2.45, 2.75) is 0 Å². The Labute approximate surface area is 157 Å². The minimum absolute atomic E-state index is 0.143. The van der Waals surface area contributed by atoms with Crippen LogP contribution < -0.4 is 9.47 Å². The van der Waals surface area contributed by atoms with Gasteiger partial charge < -0.3 is 14.2 Å². The lowest BCUT2D eigenvalue weighted by Gasteiger charge is -2.09. The Morgan fingerprint density at radius 3 is 2.67 bits per heavy atom. The molecule has 0 N–H and O–H groups in total. The van der Waals surface area contributed by atoms with Gasteiger partial charge >= 0.3 is 5.97 Å². The number of cyclic esters (lactones) is 1. The molecule has 0 aromatic heterocycles. The first-order valence-corrected chi connectivity index (χ1v) is 8.19. The molecule has 2 aromatic carbocycles. The van der Waals surface area contributed by atoms with E-state index in [-0.39, 0.29) is 18.2 Å². The zero-order valence-corrected chi connectivity index (χ0v) is 14.7. The predicted octanol–water partition coefficient (Wildman–Crippen LogP) is 3.72. The van der Waals surface area contributed by atoms with Crippen LogP contribution in [0, 0.1) is 12.3 Å². The average Bonchev–Trinajstić information content (AvgIpc) is 3.05. The monoisotopic (exact) mass is 359 g/mol. The van der Waals surface area contributed by atoms with E-state index in [2.05, 4.69) is 10.9 Å². The van der Waals surface area contributed by atoms with Gasteiger partial charge in [0.1, 0.15) is 6.61 Å². The molecule has 0 bridgehead atoms. The molecule has 0 radical (unpaired) electrons. The van der Waals surface area contributed by atoms with Crippen molar-refractivity contribution in [3.8, 4) is 23.8 Å². The van der Waals surface area contributed by atoms with E-state index in [1.165, 1.54) is 7.11 Å². The molecule has 0 saturated carbocycles. The number of nitrogens with zero attached hydrogens (tertiary/aromatic N) is 1. The maximum atomic E-state index is 12.0. The normalized spacial score (nSPS) is 14.7. The molecule has 1 aliphatic rings. The number of carbonyl (C=O) groups is 1. The summed E-state index contributed by atoms with van der Waals surface area (Å²) in [6, 6.07) is 14.9. The Morgan fingerprint density at radius 2 is 1.93 bits per heavy atom. The number of carbonyl (C=O) groups excluding carboxylic acids is 1. The number of hydrogen-bond donors (Lipinski definition) is 0. The van der Waals surface area contributed by atoms with Gasteiger partial charge in [-0.05, 0) is 35.4 Å². The fourth-order valence-electron chi connectivity index (χ4n) is 2.40. The second-order valence-corrected chi connectivity index (χ2v) is 5.52. The van der Waals surface area contributed by atoms with E-state index in [1.807, 2.05) is 36.4 Å². The summed E-state index contributed by atoms with van der Waals surface area (Å²) in [5.74, 6) is 3.18. The van der Waals surface area contributed by atoms with Crippen LogP contribution >= 0.6 is 0 Å². The number of rotatable bonds is 6. The van der Waals surface area contributed by atoms with Crippen molar-refractivity contribution in [1.29, 1.82) is 0 Å². The van der Waals surface area contributed by atoms with Crippen molar-refractivity contribution in [1.82, 2.24) is 0 Å². The van der Waals surface area contributed by atoms with Crippen molar-refractivity contribution < 1.29 is 19.0 Å². The molecular formula is C22H17NO4. The topological polar surface area (TPSA) is 57.1 Å². The van der Waals surface area contributed by atoms with Crippen molar-refractivity contribution in [3.05, 3.63) is 71.4 Å². The summed E-state index contributed by atoms with van der Waals surface area (Å²) in [5.41, 5.74) is 1.92. The lowest BCUT2D eigenvalue weighted by molar-refractivity contribution is -0.129. The molecule has 5 heteroatoms. The average molecular weight is 359 g/mol. The van der Waals surface area contributed by atoms with E-state index in [1.54, 1.807) is 30.4 Å². The van der Waals surface area contributed by atoms with Gasteiger partial charge in [0.05, 0.1) is 7.11 Å². The Hall–Kier alpha value is -3.78. The highest BCUT2D eigenvalue weighted by molar-refractivity contribution is 6.11. The Bertz CT molecular complexity index is 966. The molecule has 0 atom stereocenters. The summed E-state index contributed by atoms with van der Waals surface area (Å²) >= 11 is 0. The lowest BCUT2D eigenvalue weighted by atomic mass is 10.1. The third-order valence-corrected chi connectivity index (χ3v) is 3.66. The molecule has 0 amide bonds. The molecule has 0 spiro atoms. The fourth-order valence-corrected chi connectivity index (χ4v) is 2.40. The third kappa shape index (κ3) is 4.65. The van der Waals surface area contributed by atoms with Crippen LogP contribution in [-0.4, -0.2) is 25.6 Å². The molecule has 0 fully saturated rings. The molecule has 0 unspecified atom stereocenters. The van der Waals surface area contributed by atoms with Crippen LogP contribution in [0.2, 0.25) is 0 Å². The molecule has 3 rings (SSSR count). The lowest BCUT2D eigenvalue weighted by Crippen LogP contribution is -2.01. The van der Waals surface area contributed by atoms with Gasteiger partial charge in [-0.25, -0.2) is 9.79 Å². The first-order chi connectivity index (χ1) is 13.2. The molecule has 134 valence electrons. The van der Waals surface area contributed by atoms with Gasteiger partial charge in [0.15, 0.2) is 17.2 Å². The second kappa shape index (κ2) is 8.54. The first-order valence-electron chi connectivity index (χ1n) is 8.19. The number of esters is 1. The van der Waals surface area contributed by atoms with Crippen molar-refractivity contribution >= 4 is 24.0 Å². The van der Waals surface area contributed by atoms with Gasteiger partial charge in [-0.15, -0.1) is 6.42 Å². The molecule has 0 saturated heterocycles. The summed E-state index contributed by atoms with van der Waals surface area (Å²) in [6.45, 7) is 0.143. The molecular weight excluding hydrogens is 342 g/mol. The minimum atomic E-state index is -0.505. The number of ether oxygens (including phenoxy) is 3. The van der Waals surface area contributed by atoms with Gasteiger partial charge in [0.2, 0.25) is 5.90 Å². The number of benzene rings is 2. The zero-order valence-electron chi connectivity index (χ0n) is 14.7. The van der Waals surface area contributed by atoms with Crippen LogP contribution in [-0.2, 0) is 9.53 Å². The van der Waals surface area contributed by atoms with E-state index in [9.17, 15) is 4.79 Å². The van der Waals surface area contributed by atoms with Crippen LogP contribution in [0.15, 0.2) is 65.3 Å². The molecule has 27 heavy (non-hydrogen) atoms. The van der Waals surface area contributed by atoms with Gasteiger partial charge in [-0.1, -0.05) is 42.3 Å². The van der Waals surface area contributed by atoms with Crippen molar-refractivity contribution in [2.24, 2.45) is 4.99 Å². The molecule has 1 aliphatic heterocycles. The van der Waals surface area contributed by atoms with Gasteiger partial charge in [0.25, 0.3) is 0 Å². The van der Waals surface area contributed by atoms with E-state index in [0.29, 0.717) is 11.5 Å². The number of hydrogen-bond acceptors (Lipinski definition) is 5. The Kier molecular flexibility index (Phi) is 5.70. The van der Waals surface area contributed by atoms with E-state index >= 15 is 0 Å². The Balaban J connectivity index is 1.80. The number of terminal acetylenes is 1. The van der Waals surface area contributed by atoms with Crippen LogP contribution in [0.3, 0.4) is 0 Å². The van der Waals surface area contributed by atoms with E-state index < -0.39 is 5.97 Å². The molecule has 5 nitrogen and oxygen atoms in total. The number of methoxy groups -OCH3 is 1. The largest absolute Gasteiger partial charge is 0.493 e. The number of aliphatic imine (C=N–C) groups is 1. The molecule has 2 aromatic rings. The van der Waals surface area contributed by atoms with Crippen molar-refractivity contribution in [2.75, 3.05) is 13.7 Å². The van der Waals surface area contributed by atoms with Gasteiger partial charge in [-0.2, -0.15) is 0 Å². The molecule has 0 aliphatic carbocycles. The highest BCUT2D eigenvalue weighted by Gasteiger charge is 2.21. The highest BCUT2D eigenvalue weighted by Crippen LogP contribution is 2.29. The molecule has 1 heterocycles. The maximum absolute atomic E-state index is 12.0. The van der Waals surface area contributed by atoms with Crippen molar-refractivity contribution in [3.63, 3.8) is 0 Å². The van der Waals surface area contributed by atoms with Gasteiger partial charge in [-0.3, -0.25) is 0 Å². The fraction of sp³-hybridized carbons (Fsp3) is 0.0909. The smallest absolute Gasteiger partial charge is 0.363 e. The summed E-state index contributed by atoms with van der Waals surface area (Å²) in [6.07, 6.45) is 10.3. The minimum Gasteiger partial charge on any atom is -0.493 e. The SMILES string of the molecule is C#CCOc1ccc(/C=C2N=C(/C=C\c3ccccc3)OC\2=O)cc1OC. The van der Waals surface area contributed by atoms with Gasteiger partial charge in [0, 0.05) is 6.08 Å². The van der Waals surface area contributed by atoms with Crippen LogP contribution in [0.1, 0.15) is 11.1 Å². The second-order valence-electron chi connectivity index (χ2n) is 5.52. The van der Waals surface area contributed by atoms with E-state index in [0.717, 1.165) is 11.1 Å². The quantitative estimate of drug-likeness (QED) is 0.448. The van der Waals surface area contributed by atoms with E-state index in [4.69, 9.17) is 20.6 Å². The van der Waals surface area contributed by atoms with Crippen LogP contribution in [0.25, 0.3) is 12.2 Å². The maximum Gasteiger partial charge on any atom is 0.363 e. The predicted molar refractivity (Wildman–Crippen MR) is 104 cm³/mol. The third-order valence-electron chi connectivity index (χ3n) is 3.66. The zero-order chi connectivity index (χ0) is 19.1. The summed E-state index contributed by atoms with van der Waals surface area (Å²) in [7, 11) is 1.53. The first kappa shape index (κ1) is 18.0. The van der Waals surface area contributed by atoms with Crippen LogP contribution in [0.4, 0.5) is 0 Å². The van der Waals surface area contributed by atoms with Crippen LogP contribution in [0.5, 0.6) is 11.5 Å².